The normalized spacial score (nSPS) is 12.5. The maximum absolute atomic E-state index is 12.0. The van der Waals surface area contributed by atoms with E-state index in [4.69, 9.17) is 10.5 Å². The second-order valence-corrected chi connectivity index (χ2v) is 6.44. The van der Waals surface area contributed by atoms with Gasteiger partial charge in [0.15, 0.2) is 0 Å². The molecule has 0 fully saturated rings. The summed E-state index contributed by atoms with van der Waals surface area (Å²) in [5.41, 5.74) is 5.50. The molecular weight excluding hydrogens is 240 g/mol. The van der Waals surface area contributed by atoms with E-state index in [1.54, 1.807) is 20.8 Å². The monoisotopic (exact) mass is 258 g/mol. The Kier molecular flexibility index (Phi) is 3.68. The Balaban J connectivity index is 3.16. The van der Waals surface area contributed by atoms with E-state index in [2.05, 4.69) is 4.72 Å². The Hall–Kier alpha value is -1.27. The Morgan fingerprint density at radius 3 is 2.35 bits per heavy atom. The zero-order valence-corrected chi connectivity index (χ0v) is 11.3. The fourth-order valence-corrected chi connectivity index (χ4v) is 2.75. The van der Waals surface area contributed by atoms with Gasteiger partial charge in [0, 0.05) is 11.6 Å². The molecule has 6 heteroatoms. The first-order valence-corrected chi connectivity index (χ1v) is 6.61. The van der Waals surface area contributed by atoms with Gasteiger partial charge in [0.25, 0.3) is 0 Å². The predicted octanol–water partition coefficient (Wildman–Crippen LogP) is 1.35. The molecule has 0 aromatic heterocycles. The molecule has 0 radical (unpaired) electrons. The second kappa shape index (κ2) is 4.54. The zero-order chi connectivity index (χ0) is 13.3. The highest BCUT2D eigenvalue weighted by Gasteiger charge is 2.22. The number of hydrogen-bond acceptors (Lipinski definition) is 4. The molecule has 3 N–H and O–H groups in total. The Morgan fingerprint density at radius 2 is 1.88 bits per heavy atom. The number of ether oxygens (including phenoxy) is 1. The molecule has 0 saturated heterocycles. The average Bonchev–Trinajstić information content (AvgIpc) is 2.14. The van der Waals surface area contributed by atoms with Crippen molar-refractivity contribution in [3.8, 4) is 5.75 Å². The lowest BCUT2D eigenvalue weighted by Crippen LogP contribution is -2.40. The minimum atomic E-state index is -3.55. The molecule has 1 aromatic carbocycles. The summed E-state index contributed by atoms with van der Waals surface area (Å²) < 4.78 is 31.6. The lowest BCUT2D eigenvalue weighted by Gasteiger charge is -2.20. The van der Waals surface area contributed by atoms with E-state index in [0.29, 0.717) is 11.4 Å². The van der Waals surface area contributed by atoms with Crippen molar-refractivity contribution >= 4 is 15.7 Å². The number of anilines is 1. The van der Waals surface area contributed by atoms with Crippen LogP contribution in [0.15, 0.2) is 23.1 Å². The molecule has 0 aliphatic heterocycles. The van der Waals surface area contributed by atoms with Crippen molar-refractivity contribution < 1.29 is 13.2 Å². The number of nitrogens with two attached hydrogens (primary N) is 1. The minimum absolute atomic E-state index is 0.137. The summed E-state index contributed by atoms with van der Waals surface area (Å²) >= 11 is 0. The summed E-state index contributed by atoms with van der Waals surface area (Å²) in [5.74, 6) is 0.349. The van der Waals surface area contributed by atoms with Gasteiger partial charge >= 0.3 is 0 Å². The van der Waals surface area contributed by atoms with Crippen molar-refractivity contribution in [3.05, 3.63) is 18.2 Å². The Labute approximate surface area is 102 Å². The third-order valence-electron chi connectivity index (χ3n) is 1.96. The number of methoxy groups -OCH3 is 1. The molecule has 0 aliphatic rings. The van der Waals surface area contributed by atoms with Gasteiger partial charge in [-0.1, -0.05) is 0 Å². The number of hydrogen-bond donors (Lipinski definition) is 2. The second-order valence-electron chi connectivity index (χ2n) is 4.76. The standard InChI is InChI=1S/C11H18N2O3S/c1-11(2,3)13-17(14,15)8-5-6-9(12)10(7-8)16-4/h5-7,13H,12H2,1-4H3. The molecule has 17 heavy (non-hydrogen) atoms. The number of nitrogens with one attached hydrogen (secondary N) is 1. The van der Waals surface area contributed by atoms with Crippen molar-refractivity contribution in [1.82, 2.24) is 4.72 Å². The highest BCUT2D eigenvalue weighted by Crippen LogP contribution is 2.25. The van der Waals surface area contributed by atoms with Gasteiger partial charge in [0.1, 0.15) is 5.75 Å². The Morgan fingerprint density at radius 1 is 1.29 bits per heavy atom. The Bertz CT molecular complexity index is 504. The van der Waals surface area contributed by atoms with Crippen LogP contribution >= 0.6 is 0 Å². The molecule has 5 nitrogen and oxygen atoms in total. The van der Waals surface area contributed by atoms with Crippen LogP contribution in [0.5, 0.6) is 5.75 Å². The van der Waals surface area contributed by atoms with Gasteiger partial charge < -0.3 is 10.5 Å². The summed E-state index contributed by atoms with van der Waals surface area (Å²) in [6, 6.07) is 4.37. The van der Waals surface area contributed by atoms with E-state index >= 15 is 0 Å². The van der Waals surface area contributed by atoms with Gasteiger partial charge in [-0.3, -0.25) is 0 Å². The van der Waals surface area contributed by atoms with Crippen LogP contribution in [0.25, 0.3) is 0 Å². The summed E-state index contributed by atoms with van der Waals surface area (Å²) in [7, 11) is -2.11. The molecule has 0 aliphatic carbocycles. The molecule has 0 bridgehead atoms. The summed E-state index contributed by atoms with van der Waals surface area (Å²) in [6.07, 6.45) is 0. The first-order chi connectivity index (χ1) is 7.65. The van der Waals surface area contributed by atoms with Crippen molar-refractivity contribution in [2.45, 2.75) is 31.2 Å². The number of nitrogen functional groups attached to an aromatic ring is 1. The van der Waals surface area contributed by atoms with E-state index in [1.165, 1.54) is 25.3 Å². The van der Waals surface area contributed by atoms with E-state index in [0.717, 1.165) is 0 Å². The predicted molar refractivity (Wildman–Crippen MR) is 67.5 cm³/mol. The SMILES string of the molecule is COc1cc(S(=O)(=O)NC(C)(C)C)ccc1N. The van der Waals surface area contributed by atoms with Crippen LogP contribution < -0.4 is 15.2 Å². The van der Waals surface area contributed by atoms with Crippen LogP contribution in [-0.2, 0) is 10.0 Å². The largest absolute Gasteiger partial charge is 0.495 e. The summed E-state index contributed by atoms with van der Waals surface area (Å²) in [6.45, 7) is 5.33. The average molecular weight is 258 g/mol. The van der Waals surface area contributed by atoms with Crippen molar-refractivity contribution in [3.63, 3.8) is 0 Å². The lowest BCUT2D eigenvalue weighted by atomic mass is 10.1. The van der Waals surface area contributed by atoms with E-state index in [9.17, 15) is 8.42 Å². The first kappa shape index (κ1) is 13.8. The first-order valence-electron chi connectivity index (χ1n) is 5.13. The van der Waals surface area contributed by atoms with Crippen LogP contribution in [0.4, 0.5) is 5.69 Å². The molecule has 0 unspecified atom stereocenters. The summed E-state index contributed by atoms with van der Waals surface area (Å²) in [4.78, 5) is 0.137. The highest BCUT2D eigenvalue weighted by molar-refractivity contribution is 7.89. The zero-order valence-electron chi connectivity index (χ0n) is 10.4. The maximum Gasteiger partial charge on any atom is 0.241 e. The highest BCUT2D eigenvalue weighted by atomic mass is 32.2. The lowest BCUT2D eigenvalue weighted by molar-refractivity contribution is 0.415. The number of benzene rings is 1. The smallest absolute Gasteiger partial charge is 0.241 e. The molecule has 1 aromatic rings. The fraction of sp³-hybridized carbons (Fsp3) is 0.455. The number of rotatable bonds is 3. The molecule has 96 valence electrons. The van der Waals surface area contributed by atoms with E-state index < -0.39 is 15.6 Å². The van der Waals surface area contributed by atoms with Crippen LogP contribution in [0.1, 0.15) is 20.8 Å². The maximum atomic E-state index is 12.0. The van der Waals surface area contributed by atoms with Gasteiger partial charge in [-0.05, 0) is 32.9 Å². The van der Waals surface area contributed by atoms with Gasteiger partial charge in [0.2, 0.25) is 10.0 Å². The van der Waals surface area contributed by atoms with Gasteiger partial charge in [0.05, 0.1) is 17.7 Å². The topological polar surface area (TPSA) is 81.4 Å². The molecule has 0 spiro atoms. The van der Waals surface area contributed by atoms with E-state index in [1.807, 2.05) is 0 Å². The van der Waals surface area contributed by atoms with Gasteiger partial charge in [-0.15, -0.1) is 0 Å². The molecule has 0 heterocycles. The third-order valence-corrected chi connectivity index (χ3v) is 3.71. The third kappa shape index (κ3) is 3.61. The van der Waals surface area contributed by atoms with Crippen molar-refractivity contribution in [1.29, 1.82) is 0 Å². The quantitative estimate of drug-likeness (QED) is 0.802. The van der Waals surface area contributed by atoms with Gasteiger partial charge in [-0.2, -0.15) is 0 Å². The van der Waals surface area contributed by atoms with Crippen LogP contribution in [-0.4, -0.2) is 21.1 Å². The van der Waals surface area contributed by atoms with Gasteiger partial charge in [-0.25, -0.2) is 13.1 Å². The molecule has 0 atom stereocenters. The molecule has 1 rings (SSSR count). The van der Waals surface area contributed by atoms with Crippen molar-refractivity contribution in [2.75, 3.05) is 12.8 Å². The number of sulfonamides is 1. The molecule has 0 saturated carbocycles. The molecule has 0 amide bonds. The molecular formula is C11H18N2O3S. The van der Waals surface area contributed by atoms with Crippen LogP contribution in [0, 0.1) is 0 Å². The fourth-order valence-electron chi connectivity index (χ4n) is 1.32. The van der Waals surface area contributed by atoms with Crippen LogP contribution in [0.2, 0.25) is 0 Å². The van der Waals surface area contributed by atoms with E-state index in [-0.39, 0.29) is 4.90 Å². The summed E-state index contributed by atoms with van der Waals surface area (Å²) in [5, 5.41) is 0. The minimum Gasteiger partial charge on any atom is -0.495 e. The van der Waals surface area contributed by atoms with Crippen LogP contribution in [0.3, 0.4) is 0 Å². The van der Waals surface area contributed by atoms with Crippen molar-refractivity contribution in [2.24, 2.45) is 0 Å².